The Morgan fingerprint density at radius 2 is 2.00 bits per heavy atom. The number of halogens is 1. The highest BCUT2D eigenvalue weighted by molar-refractivity contribution is 5.80. The Labute approximate surface area is 152 Å². The molecule has 0 spiro atoms. The molecule has 0 unspecified atom stereocenters. The highest BCUT2D eigenvalue weighted by atomic mass is 19.1. The Kier molecular flexibility index (Phi) is 4.19. The van der Waals surface area contributed by atoms with Crippen LogP contribution in [0.4, 0.5) is 4.39 Å². The molecule has 0 fully saturated rings. The largest absolute Gasteiger partial charge is 0.457 e. The van der Waals surface area contributed by atoms with E-state index in [1.807, 2.05) is 29.1 Å². The summed E-state index contributed by atoms with van der Waals surface area (Å²) >= 11 is 0. The van der Waals surface area contributed by atoms with E-state index in [1.54, 1.807) is 19.9 Å². The van der Waals surface area contributed by atoms with E-state index in [-0.39, 0.29) is 5.82 Å². The third-order valence-corrected chi connectivity index (χ3v) is 4.96. The minimum absolute atomic E-state index is 0.131. The number of fused-ring (bicyclic) bond motifs is 2. The summed E-state index contributed by atoms with van der Waals surface area (Å²) in [5.41, 5.74) is 2.07. The molecular weight excluding hydrogens is 331 g/mol. The lowest BCUT2D eigenvalue weighted by Gasteiger charge is -2.17. The summed E-state index contributed by atoms with van der Waals surface area (Å²) in [5, 5.41) is 15.3. The SMILES string of the molecule is CC(C)(O)CCn1ncc2cc(Oc3ccc(F)c4c3CCC4)ccc21. The van der Waals surface area contributed by atoms with Crippen LogP contribution in [0.25, 0.3) is 10.9 Å². The second-order valence-electron chi connectivity index (χ2n) is 7.61. The summed E-state index contributed by atoms with van der Waals surface area (Å²) in [6.07, 6.45) is 5.05. The van der Waals surface area contributed by atoms with Gasteiger partial charge < -0.3 is 9.84 Å². The standard InChI is InChI=1S/C21H23FN2O2/c1-21(2,25)10-11-24-19-8-6-15(12-14(19)13-23-24)26-20-9-7-18(22)16-4-3-5-17(16)20/h6-9,12-13,25H,3-5,10-11H2,1-2H3. The number of rotatable bonds is 5. The van der Waals surface area contributed by atoms with Crippen LogP contribution in [0, 0.1) is 5.82 Å². The maximum Gasteiger partial charge on any atom is 0.131 e. The van der Waals surface area contributed by atoms with Crippen LogP contribution in [-0.4, -0.2) is 20.5 Å². The normalized spacial score (nSPS) is 14.0. The molecule has 0 atom stereocenters. The molecule has 3 aromatic rings. The van der Waals surface area contributed by atoms with Gasteiger partial charge in [-0.05, 0) is 75.4 Å². The summed E-state index contributed by atoms with van der Waals surface area (Å²) < 4.78 is 21.9. The van der Waals surface area contributed by atoms with Gasteiger partial charge in [0.15, 0.2) is 0 Å². The van der Waals surface area contributed by atoms with E-state index in [4.69, 9.17) is 4.74 Å². The molecule has 0 saturated carbocycles. The number of hydrogen-bond donors (Lipinski definition) is 1. The van der Waals surface area contributed by atoms with Crippen molar-refractivity contribution in [1.29, 1.82) is 0 Å². The average molecular weight is 354 g/mol. The van der Waals surface area contributed by atoms with Gasteiger partial charge in [-0.25, -0.2) is 4.39 Å². The van der Waals surface area contributed by atoms with Crippen molar-refractivity contribution in [2.45, 2.75) is 51.7 Å². The highest BCUT2D eigenvalue weighted by Gasteiger charge is 2.20. The molecule has 0 bridgehead atoms. The number of benzene rings is 2. The van der Waals surface area contributed by atoms with Gasteiger partial charge in [-0.15, -0.1) is 0 Å². The smallest absolute Gasteiger partial charge is 0.131 e. The van der Waals surface area contributed by atoms with Crippen LogP contribution in [0.5, 0.6) is 11.5 Å². The van der Waals surface area contributed by atoms with Gasteiger partial charge in [-0.1, -0.05) is 0 Å². The Balaban J connectivity index is 1.58. The highest BCUT2D eigenvalue weighted by Crippen LogP contribution is 2.35. The molecule has 0 aliphatic heterocycles. The molecule has 1 heterocycles. The number of aryl methyl sites for hydroxylation is 1. The first-order valence-corrected chi connectivity index (χ1v) is 9.07. The van der Waals surface area contributed by atoms with Crippen molar-refractivity contribution in [2.24, 2.45) is 0 Å². The van der Waals surface area contributed by atoms with Gasteiger partial charge in [0.05, 0.1) is 17.3 Å². The van der Waals surface area contributed by atoms with Gasteiger partial charge in [0.25, 0.3) is 0 Å². The van der Waals surface area contributed by atoms with E-state index in [0.717, 1.165) is 52.8 Å². The van der Waals surface area contributed by atoms with E-state index in [0.29, 0.717) is 13.0 Å². The molecule has 1 aliphatic rings. The van der Waals surface area contributed by atoms with Crippen molar-refractivity contribution in [2.75, 3.05) is 0 Å². The molecule has 26 heavy (non-hydrogen) atoms. The number of aliphatic hydroxyl groups is 1. The molecule has 1 aliphatic carbocycles. The van der Waals surface area contributed by atoms with Crippen LogP contribution in [0.15, 0.2) is 36.5 Å². The van der Waals surface area contributed by atoms with E-state index in [1.165, 1.54) is 6.07 Å². The Morgan fingerprint density at radius 1 is 1.19 bits per heavy atom. The van der Waals surface area contributed by atoms with Gasteiger partial charge in [-0.3, -0.25) is 4.68 Å². The molecule has 1 N–H and O–H groups in total. The van der Waals surface area contributed by atoms with Crippen LogP contribution < -0.4 is 4.74 Å². The van der Waals surface area contributed by atoms with Crippen molar-refractivity contribution >= 4 is 10.9 Å². The fourth-order valence-corrected chi connectivity index (χ4v) is 3.54. The molecule has 2 aromatic carbocycles. The maximum atomic E-state index is 13.9. The first-order chi connectivity index (χ1) is 12.4. The second-order valence-corrected chi connectivity index (χ2v) is 7.61. The summed E-state index contributed by atoms with van der Waals surface area (Å²) in [5.74, 6) is 1.33. The number of nitrogens with zero attached hydrogens (tertiary/aromatic N) is 2. The lowest BCUT2D eigenvalue weighted by atomic mass is 10.1. The zero-order valence-corrected chi connectivity index (χ0v) is 15.1. The fraction of sp³-hybridized carbons (Fsp3) is 0.381. The predicted molar refractivity (Wildman–Crippen MR) is 99.1 cm³/mol. The van der Waals surface area contributed by atoms with Crippen molar-refractivity contribution < 1.29 is 14.2 Å². The molecule has 0 saturated heterocycles. The van der Waals surface area contributed by atoms with E-state index in [2.05, 4.69) is 5.10 Å². The Morgan fingerprint density at radius 3 is 2.81 bits per heavy atom. The van der Waals surface area contributed by atoms with E-state index >= 15 is 0 Å². The van der Waals surface area contributed by atoms with Crippen molar-refractivity contribution in [3.05, 3.63) is 53.5 Å². The summed E-state index contributed by atoms with van der Waals surface area (Å²) in [6.45, 7) is 4.25. The maximum absolute atomic E-state index is 13.9. The number of ether oxygens (including phenoxy) is 1. The first-order valence-electron chi connectivity index (χ1n) is 9.07. The average Bonchev–Trinajstić information content (AvgIpc) is 3.22. The van der Waals surface area contributed by atoms with E-state index < -0.39 is 5.60 Å². The molecule has 1 aromatic heterocycles. The molecule has 4 nitrogen and oxygen atoms in total. The van der Waals surface area contributed by atoms with Gasteiger partial charge in [0.1, 0.15) is 17.3 Å². The van der Waals surface area contributed by atoms with Crippen molar-refractivity contribution in [1.82, 2.24) is 9.78 Å². The quantitative estimate of drug-likeness (QED) is 0.727. The molecule has 0 radical (unpaired) electrons. The molecule has 136 valence electrons. The van der Waals surface area contributed by atoms with Crippen LogP contribution in [-0.2, 0) is 19.4 Å². The number of hydrogen-bond acceptors (Lipinski definition) is 3. The Bertz CT molecular complexity index is 957. The summed E-state index contributed by atoms with van der Waals surface area (Å²) in [6, 6.07) is 9.05. The first kappa shape index (κ1) is 17.0. The monoisotopic (exact) mass is 354 g/mol. The van der Waals surface area contributed by atoms with Gasteiger partial charge >= 0.3 is 0 Å². The lowest BCUT2D eigenvalue weighted by Crippen LogP contribution is -2.21. The van der Waals surface area contributed by atoms with Gasteiger partial charge in [0.2, 0.25) is 0 Å². The number of aromatic nitrogens is 2. The molecular formula is C21H23FN2O2. The minimum atomic E-state index is -0.718. The van der Waals surface area contributed by atoms with Crippen LogP contribution >= 0.6 is 0 Å². The zero-order valence-electron chi connectivity index (χ0n) is 15.1. The van der Waals surface area contributed by atoms with Crippen LogP contribution in [0.3, 0.4) is 0 Å². The topological polar surface area (TPSA) is 47.3 Å². The van der Waals surface area contributed by atoms with Gasteiger partial charge in [-0.2, -0.15) is 5.10 Å². The van der Waals surface area contributed by atoms with Gasteiger partial charge in [0, 0.05) is 17.5 Å². The molecule has 0 amide bonds. The Hall–Kier alpha value is -2.40. The zero-order chi connectivity index (χ0) is 18.3. The van der Waals surface area contributed by atoms with Crippen LogP contribution in [0.2, 0.25) is 0 Å². The van der Waals surface area contributed by atoms with E-state index in [9.17, 15) is 9.50 Å². The lowest BCUT2D eigenvalue weighted by molar-refractivity contribution is 0.0655. The minimum Gasteiger partial charge on any atom is -0.457 e. The third-order valence-electron chi connectivity index (χ3n) is 4.96. The summed E-state index contributed by atoms with van der Waals surface area (Å²) in [7, 11) is 0. The fourth-order valence-electron chi connectivity index (χ4n) is 3.54. The predicted octanol–water partition coefficient (Wildman–Crippen LogP) is 4.62. The summed E-state index contributed by atoms with van der Waals surface area (Å²) in [4.78, 5) is 0. The second kappa shape index (κ2) is 6.40. The molecule has 5 heteroatoms. The van der Waals surface area contributed by atoms with Crippen LogP contribution in [0.1, 0.15) is 37.8 Å². The van der Waals surface area contributed by atoms with Crippen molar-refractivity contribution in [3.63, 3.8) is 0 Å². The molecule has 4 rings (SSSR count). The third kappa shape index (κ3) is 3.31. The van der Waals surface area contributed by atoms with Crippen molar-refractivity contribution in [3.8, 4) is 11.5 Å².